The minimum Gasteiger partial charge on any atom is -0.340 e. The molecule has 6 heteroatoms. The van der Waals surface area contributed by atoms with Crippen LogP contribution in [0.1, 0.15) is 12.8 Å². The van der Waals surface area contributed by atoms with E-state index in [1.807, 2.05) is 30.6 Å². The van der Waals surface area contributed by atoms with Gasteiger partial charge >= 0.3 is 0 Å². The third kappa shape index (κ3) is 4.23. The molecule has 0 aromatic heterocycles. The Labute approximate surface area is 118 Å². The van der Waals surface area contributed by atoms with E-state index < -0.39 is 0 Å². The fourth-order valence-electron chi connectivity index (χ4n) is 2.25. The monoisotopic (exact) mass is 296 g/mol. The van der Waals surface area contributed by atoms with Crippen molar-refractivity contribution >= 4 is 41.8 Å². The molecule has 100 valence electrons. The van der Waals surface area contributed by atoms with E-state index in [9.17, 15) is 4.79 Å². The summed E-state index contributed by atoms with van der Waals surface area (Å²) >= 11 is 3.76. The Kier molecular flexibility index (Phi) is 7.07. The largest absolute Gasteiger partial charge is 0.340 e. The molecule has 2 aliphatic rings. The number of rotatable bonds is 2. The van der Waals surface area contributed by atoms with E-state index in [2.05, 4.69) is 10.2 Å². The summed E-state index contributed by atoms with van der Waals surface area (Å²) < 4.78 is 0. The maximum atomic E-state index is 12.3. The van der Waals surface area contributed by atoms with Gasteiger partial charge < -0.3 is 10.2 Å². The Morgan fingerprint density at radius 1 is 1.41 bits per heavy atom. The van der Waals surface area contributed by atoms with Crippen LogP contribution in [0.15, 0.2) is 0 Å². The lowest BCUT2D eigenvalue weighted by Crippen LogP contribution is -2.50. The smallest absolute Gasteiger partial charge is 0.236 e. The summed E-state index contributed by atoms with van der Waals surface area (Å²) in [5, 5.41) is 3.50. The maximum Gasteiger partial charge on any atom is 0.236 e. The Bertz CT molecular complexity index is 250. The fraction of sp³-hybridized carbons (Fsp3) is 0.909. The number of likely N-dealkylation sites (tertiary alicyclic amines) is 1. The summed E-state index contributed by atoms with van der Waals surface area (Å²) in [6.07, 6.45) is 2.34. The van der Waals surface area contributed by atoms with Crippen LogP contribution >= 0.6 is 35.9 Å². The van der Waals surface area contributed by atoms with Gasteiger partial charge in [-0.15, -0.1) is 24.2 Å². The molecular formula is C11H21ClN2OS2. The minimum absolute atomic E-state index is 0. The number of nitrogens with one attached hydrogen (secondary N) is 1. The van der Waals surface area contributed by atoms with Crippen LogP contribution in [0, 0.1) is 0 Å². The first-order chi connectivity index (χ1) is 7.81. The van der Waals surface area contributed by atoms with Crippen molar-refractivity contribution in [3.63, 3.8) is 0 Å². The normalized spacial score (nSPS) is 29.6. The molecule has 17 heavy (non-hydrogen) atoms. The van der Waals surface area contributed by atoms with Crippen LogP contribution in [0.2, 0.25) is 0 Å². The molecule has 0 aromatic rings. The van der Waals surface area contributed by atoms with E-state index >= 15 is 0 Å². The molecule has 2 rings (SSSR count). The van der Waals surface area contributed by atoms with E-state index in [1.54, 1.807) is 0 Å². The second-order valence-corrected chi connectivity index (χ2v) is 6.81. The lowest BCUT2D eigenvalue weighted by Gasteiger charge is -2.35. The zero-order valence-corrected chi connectivity index (χ0v) is 12.6. The maximum absolute atomic E-state index is 12.3. The quantitative estimate of drug-likeness (QED) is 0.836. The number of carbonyl (C=O) groups excluding carboxylic acids is 1. The van der Waals surface area contributed by atoms with Crippen molar-refractivity contribution in [2.75, 3.05) is 37.4 Å². The number of piperidine rings is 1. The topological polar surface area (TPSA) is 32.3 Å². The molecule has 0 aromatic carbocycles. The standard InChI is InChI=1S/C11H20N2OS2.ClH/c1-12-9-3-2-4-13(7-9)11(14)10-8-15-5-6-16-10;/h9-10,12H,2-8H2,1H3;1H. The van der Waals surface area contributed by atoms with Crippen LogP contribution in [-0.4, -0.2) is 59.5 Å². The summed E-state index contributed by atoms with van der Waals surface area (Å²) in [7, 11) is 1.99. The predicted octanol–water partition coefficient (Wildman–Crippen LogP) is 1.47. The van der Waals surface area contributed by atoms with Crippen LogP contribution in [-0.2, 0) is 4.79 Å². The predicted molar refractivity (Wildman–Crippen MR) is 79.5 cm³/mol. The van der Waals surface area contributed by atoms with Crippen molar-refractivity contribution in [1.29, 1.82) is 0 Å². The SMILES string of the molecule is CNC1CCCN(C(=O)C2CSCCS2)C1.Cl. The van der Waals surface area contributed by atoms with Gasteiger partial charge in [0.05, 0.1) is 5.25 Å². The van der Waals surface area contributed by atoms with E-state index in [0.717, 1.165) is 31.0 Å². The van der Waals surface area contributed by atoms with Gasteiger partial charge in [-0.05, 0) is 19.9 Å². The van der Waals surface area contributed by atoms with Gasteiger partial charge in [-0.2, -0.15) is 11.8 Å². The summed E-state index contributed by atoms with van der Waals surface area (Å²) in [5.74, 6) is 3.71. The highest BCUT2D eigenvalue weighted by Gasteiger charge is 2.29. The number of hydrogen-bond acceptors (Lipinski definition) is 4. The van der Waals surface area contributed by atoms with Crippen molar-refractivity contribution < 1.29 is 4.79 Å². The Morgan fingerprint density at radius 2 is 2.24 bits per heavy atom. The highest BCUT2D eigenvalue weighted by atomic mass is 35.5. The number of likely N-dealkylation sites (N-methyl/N-ethyl adjacent to an activating group) is 1. The van der Waals surface area contributed by atoms with Gasteiger partial charge in [0.25, 0.3) is 0 Å². The first-order valence-electron chi connectivity index (χ1n) is 5.96. The molecule has 0 bridgehead atoms. The Balaban J connectivity index is 0.00000144. The molecule has 0 spiro atoms. The number of hydrogen-bond donors (Lipinski definition) is 1. The molecule has 2 saturated heterocycles. The van der Waals surface area contributed by atoms with Crippen LogP contribution in [0.3, 0.4) is 0 Å². The first-order valence-corrected chi connectivity index (χ1v) is 8.17. The number of carbonyl (C=O) groups is 1. The minimum atomic E-state index is 0. The van der Waals surface area contributed by atoms with Gasteiger partial charge in [0.2, 0.25) is 5.91 Å². The molecule has 2 aliphatic heterocycles. The molecule has 2 atom stereocenters. The molecule has 2 fully saturated rings. The van der Waals surface area contributed by atoms with Crippen molar-refractivity contribution in [1.82, 2.24) is 10.2 Å². The van der Waals surface area contributed by atoms with Crippen molar-refractivity contribution in [3.05, 3.63) is 0 Å². The zero-order chi connectivity index (χ0) is 11.4. The summed E-state index contributed by atoms with van der Waals surface area (Å²) in [6, 6.07) is 0.499. The number of nitrogens with zero attached hydrogens (tertiary/aromatic N) is 1. The van der Waals surface area contributed by atoms with Crippen LogP contribution in [0.4, 0.5) is 0 Å². The van der Waals surface area contributed by atoms with Crippen LogP contribution in [0.25, 0.3) is 0 Å². The average Bonchev–Trinajstić information content (AvgIpc) is 2.39. The highest BCUT2D eigenvalue weighted by Crippen LogP contribution is 2.26. The number of halogens is 1. The van der Waals surface area contributed by atoms with E-state index in [-0.39, 0.29) is 17.7 Å². The second-order valence-electron chi connectivity index (χ2n) is 4.35. The molecule has 0 aliphatic carbocycles. The number of amides is 1. The molecule has 1 N–H and O–H groups in total. The molecule has 1 amide bonds. The Hall–Kier alpha value is 0.420. The molecule has 2 heterocycles. The van der Waals surface area contributed by atoms with Gasteiger partial charge in [-0.25, -0.2) is 0 Å². The second kappa shape index (κ2) is 7.77. The molecule has 3 nitrogen and oxygen atoms in total. The summed E-state index contributed by atoms with van der Waals surface area (Å²) in [6.45, 7) is 1.86. The van der Waals surface area contributed by atoms with Gasteiger partial charge in [0, 0.05) is 36.4 Å². The van der Waals surface area contributed by atoms with Crippen molar-refractivity contribution in [3.8, 4) is 0 Å². The third-order valence-corrected chi connectivity index (χ3v) is 5.97. The molecule has 0 saturated carbocycles. The molecule has 0 radical (unpaired) electrons. The lowest BCUT2D eigenvalue weighted by molar-refractivity contribution is -0.131. The Morgan fingerprint density at radius 3 is 2.88 bits per heavy atom. The highest BCUT2D eigenvalue weighted by molar-refractivity contribution is 8.07. The van der Waals surface area contributed by atoms with Crippen molar-refractivity contribution in [2.45, 2.75) is 24.1 Å². The lowest BCUT2D eigenvalue weighted by atomic mass is 10.1. The first kappa shape index (κ1) is 15.5. The fourth-order valence-corrected chi connectivity index (χ4v) is 4.88. The summed E-state index contributed by atoms with van der Waals surface area (Å²) in [5.41, 5.74) is 0. The van der Waals surface area contributed by atoms with Crippen molar-refractivity contribution in [2.24, 2.45) is 0 Å². The molecule has 2 unspecified atom stereocenters. The van der Waals surface area contributed by atoms with Gasteiger partial charge in [-0.1, -0.05) is 0 Å². The van der Waals surface area contributed by atoms with Crippen LogP contribution < -0.4 is 5.32 Å². The third-order valence-electron chi connectivity index (χ3n) is 3.23. The van der Waals surface area contributed by atoms with E-state index in [4.69, 9.17) is 0 Å². The van der Waals surface area contributed by atoms with E-state index in [1.165, 1.54) is 12.2 Å². The van der Waals surface area contributed by atoms with Gasteiger partial charge in [0.15, 0.2) is 0 Å². The van der Waals surface area contributed by atoms with Gasteiger partial charge in [0.1, 0.15) is 0 Å². The average molecular weight is 297 g/mol. The van der Waals surface area contributed by atoms with E-state index in [0.29, 0.717) is 11.9 Å². The summed E-state index contributed by atoms with van der Waals surface area (Å²) in [4.78, 5) is 14.3. The molecular weight excluding hydrogens is 276 g/mol. The van der Waals surface area contributed by atoms with Crippen LogP contribution in [0.5, 0.6) is 0 Å². The number of thioether (sulfide) groups is 2. The van der Waals surface area contributed by atoms with Gasteiger partial charge in [-0.3, -0.25) is 4.79 Å². The zero-order valence-electron chi connectivity index (χ0n) is 10.2.